The van der Waals surface area contributed by atoms with Gasteiger partial charge >= 0.3 is 17.9 Å². The first-order valence-corrected chi connectivity index (χ1v) is 23.0. The summed E-state index contributed by atoms with van der Waals surface area (Å²) in [7, 11) is 0. The van der Waals surface area contributed by atoms with Crippen LogP contribution in [0.25, 0.3) is 0 Å². The van der Waals surface area contributed by atoms with E-state index in [2.05, 4.69) is 51.2 Å². The van der Waals surface area contributed by atoms with Gasteiger partial charge in [-0.1, -0.05) is 192 Å². The highest BCUT2D eigenvalue weighted by Gasteiger charge is 2.19. The molecule has 314 valence electrons. The van der Waals surface area contributed by atoms with Gasteiger partial charge in [0.1, 0.15) is 13.2 Å². The van der Waals surface area contributed by atoms with Crippen molar-refractivity contribution < 1.29 is 28.6 Å². The van der Waals surface area contributed by atoms with Crippen LogP contribution in [0.1, 0.15) is 233 Å². The van der Waals surface area contributed by atoms with Crippen molar-refractivity contribution in [3.8, 4) is 0 Å². The van der Waals surface area contributed by atoms with Gasteiger partial charge in [-0.2, -0.15) is 0 Å². The molecule has 0 saturated carbocycles. The zero-order valence-electron chi connectivity index (χ0n) is 35.7. The molecule has 1 unspecified atom stereocenters. The average molecular weight is 759 g/mol. The Labute approximate surface area is 334 Å². The minimum absolute atomic E-state index is 0.101. The van der Waals surface area contributed by atoms with Gasteiger partial charge in [-0.25, -0.2) is 0 Å². The fraction of sp³-hybridized carbons (Fsp3) is 0.812. The van der Waals surface area contributed by atoms with Gasteiger partial charge in [-0.3, -0.25) is 14.4 Å². The Kier molecular flexibility index (Phi) is 41.5. The van der Waals surface area contributed by atoms with Gasteiger partial charge in [0.2, 0.25) is 0 Å². The fourth-order valence-corrected chi connectivity index (χ4v) is 6.38. The molecule has 0 saturated heterocycles. The van der Waals surface area contributed by atoms with Crippen molar-refractivity contribution in [1.82, 2.24) is 0 Å². The molecule has 54 heavy (non-hydrogen) atoms. The molecule has 0 aliphatic rings. The first-order chi connectivity index (χ1) is 26.5. The number of hydrogen-bond acceptors (Lipinski definition) is 6. The summed E-state index contributed by atoms with van der Waals surface area (Å²) in [5.74, 6) is -1.00. The van der Waals surface area contributed by atoms with E-state index in [-0.39, 0.29) is 37.5 Å². The van der Waals surface area contributed by atoms with Crippen molar-refractivity contribution >= 4 is 17.9 Å². The van der Waals surface area contributed by atoms with Crippen LogP contribution in [0.3, 0.4) is 0 Å². The van der Waals surface area contributed by atoms with Crippen molar-refractivity contribution in [2.75, 3.05) is 13.2 Å². The number of ether oxygens (including phenoxy) is 3. The molecule has 0 spiro atoms. The van der Waals surface area contributed by atoms with E-state index in [1.54, 1.807) is 0 Å². The maximum atomic E-state index is 12.7. The summed E-state index contributed by atoms with van der Waals surface area (Å²) in [4.78, 5) is 37.6. The third-order valence-electron chi connectivity index (χ3n) is 9.88. The van der Waals surface area contributed by atoms with E-state index in [0.29, 0.717) is 25.7 Å². The van der Waals surface area contributed by atoms with Crippen molar-refractivity contribution in [3.05, 3.63) is 36.5 Å². The maximum Gasteiger partial charge on any atom is 0.306 e. The lowest BCUT2D eigenvalue weighted by Gasteiger charge is -2.18. The van der Waals surface area contributed by atoms with Gasteiger partial charge in [-0.05, 0) is 57.8 Å². The number of rotatable bonds is 41. The zero-order valence-corrected chi connectivity index (χ0v) is 35.7. The van der Waals surface area contributed by atoms with Gasteiger partial charge in [-0.15, -0.1) is 0 Å². The third kappa shape index (κ3) is 40.8. The molecule has 0 aliphatic heterocycles. The lowest BCUT2D eigenvalue weighted by Crippen LogP contribution is -2.30. The first-order valence-electron chi connectivity index (χ1n) is 23.0. The van der Waals surface area contributed by atoms with Crippen LogP contribution in [0, 0.1) is 0 Å². The Morgan fingerprint density at radius 1 is 0.370 bits per heavy atom. The Balaban J connectivity index is 4.43. The number of esters is 3. The fourth-order valence-electron chi connectivity index (χ4n) is 6.38. The number of hydrogen-bond donors (Lipinski definition) is 0. The summed E-state index contributed by atoms with van der Waals surface area (Å²) in [5.41, 5.74) is 0. The average Bonchev–Trinajstić information content (AvgIpc) is 3.17. The van der Waals surface area contributed by atoms with Crippen LogP contribution in [0.4, 0.5) is 0 Å². The molecule has 0 aromatic rings. The molecule has 0 aromatic carbocycles. The molecule has 0 heterocycles. The Bertz CT molecular complexity index is 922. The standard InChI is InChI=1S/C48H86O6/c1-4-7-10-13-16-19-21-23-25-26-29-32-35-38-41-47(50)53-44-45(43-52-46(49)40-37-34-31-28-18-15-12-9-6-3)54-48(51)42-39-36-33-30-27-24-22-20-17-14-11-8-5-2/h24,27-28,31,33,36,45H,4-23,25-26,29-30,32,34-35,37-44H2,1-3H3/b27-24-,31-28-,36-33-. The summed E-state index contributed by atoms with van der Waals surface area (Å²) < 4.78 is 16.6. The lowest BCUT2D eigenvalue weighted by molar-refractivity contribution is -0.166. The number of carbonyl (C=O) groups excluding carboxylic acids is 3. The summed E-state index contributed by atoms with van der Waals surface area (Å²) in [6.45, 7) is 6.52. The molecule has 0 bridgehead atoms. The van der Waals surface area contributed by atoms with Crippen LogP contribution >= 0.6 is 0 Å². The van der Waals surface area contributed by atoms with E-state index < -0.39 is 6.10 Å². The van der Waals surface area contributed by atoms with E-state index in [1.807, 2.05) is 6.08 Å². The van der Waals surface area contributed by atoms with E-state index >= 15 is 0 Å². The van der Waals surface area contributed by atoms with Crippen LogP contribution in [0.5, 0.6) is 0 Å². The van der Waals surface area contributed by atoms with Gasteiger partial charge in [0.15, 0.2) is 6.10 Å². The third-order valence-corrected chi connectivity index (χ3v) is 9.88. The molecule has 0 radical (unpaired) electrons. The first kappa shape index (κ1) is 51.6. The van der Waals surface area contributed by atoms with Crippen LogP contribution < -0.4 is 0 Å². The monoisotopic (exact) mass is 759 g/mol. The van der Waals surface area contributed by atoms with Crippen LogP contribution in [-0.4, -0.2) is 37.2 Å². The van der Waals surface area contributed by atoms with E-state index in [9.17, 15) is 14.4 Å². The quantitative estimate of drug-likeness (QED) is 0.0267. The second-order valence-electron chi connectivity index (χ2n) is 15.3. The van der Waals surface area contributed by atoms with Crippen molar-refractivity contribution in [2.24, 2.45) is 0 Å². The molecular weight excluding hydrogens is 673 g/mol. The summed E-state index contributed by atoms with van der Waals surface area (Å²) in [6, 6.07) is 0. The largest absolute Gasteiger partial charge is 0.462 e. The Morgan fingerprint density at radius 3 is 1.20 bits per heavy atom. The van der Waals surface area contributed by atoms with Gasteiger partial charge in [0.25, 0.3) is 0 Å². The molecular formula is C48H86O6. The highest BCUT2D eigenvalue weighted by Crippen LogP contribution is 2.14. The topological polar surface area (TPSA) is 78.9 Å². The summed E-state index contributed by atoms with van der Waals surface area (Å²) in [6.07, 6.45) is 48.6. The normalized spacial score (nSPS) is 12.3. The van der Waals surface area contributed by atoms with Gasteiger partial charge < -0.3 is 14.2 Å². The van der Waals surface area contributed by atoms with Crippen molar-refractivity contribution in [1.29, 1.82) is 0 Å². The minimum Gasteiger partial charge on any atom is -0.462 e. The SMILES string of the molecule is CCCCCC/C=C\CCCC(=O)OCC(COC(=O)CCCCCCCCCCCCCCCC)OC(=O)CC/C=C\C/C=C\CCCCCCCC. The Morgan fingerprint density at radius 2 is 0.722 bits per heavy atom. The van der Waals surface area contributed by atoms with E-state index in [4.69, 9.17) is 14.2 Å². The second-order valence-corrected chi connectivity index (χ2v) is 15.3. The van der Waals surface area contributed by atoms with Crippen LogP contribution in [-0.2, 0) is 28.6 Å². The predicted octanol–water partition coefficient (Wildman–Crippen LogP) is 14.6. The molecule has 0 aliphatic carbocycles. The van der Waals surface area contributed by atoms with Crippen LogP contribution in [0.15, 0.2) is 36.5 Å². The van der Waals surface area contributed by atoms with Gasteiger partial charge in [0, 0.05) is 19.3 Å². The number of carbonyl (C=O) groups is 3. The minimum atomic E-state index is -0.807. The molecule has 1 atom stereocenters. The molecule has 0 amide bonds. The molecule has 0 fully saturated rings. The molecule has 0 rings (SSSR count). The summed E-state index contributed by atoms with van der Waals surface area (Å²) in [5, 5.41) is 0. The molecule has 0 N–H and O–H groups in total. The molecule has 6 heteroatoms. The van der Waals surface area contributed by atoms with Gasteiger partial charge in [0.05, 0.1) is 0 Å². The van der Waals surface area contributed by atoms with Crippen molar-refractivity contribution in [3.63, 3.8) is 0 Å². The van der Waals surface area contributed by atoms with E-state index in [1.165, 1.54) is 135 Å². The zero-order chi connectivity index (χ0) is 39.4. The van der Waals surface area contributed by atoms with Crippen LogP contribution in [0.2, 0.25) is 0 Å². The Hall–Kier alpha value is -2.37. The second kappa shape index (κ2) is 43.4. The van der Waals surface area contributed by atoms with E-state index in [0.717, 1.165) is 44.9 Å². The molecule has 0 aromatic heterocycles. The molecule has 6 nitrogen and oxygen atoms in total. The highest BCUT2D eigenvalue weighted by atomic mass is 16.6. The van der Waals surface area contributed by atoms with Crippen molar-refractivity contribution in [2.45, 2.75) is 239 Å². The number of unbranched alkanes of at least 4 members (excludes halogenated alkanes) is 24. The lowest BCUT2D eigenvalue weighted by atomic mass is 10.0. The predicted molar refractivity (Wildman–Crippen MR) is 229 cm³/mol. The summed E-state index contributed by atoms with van der Waals surface area (Å²) >= 11 is 0. The highest BCUT2D eigenvalue weighted by molar-refractivity contribution is 5.71. The number of allylic oxidation sites excluding steroid dienone is 6. The smallest absolute Gasteiger partial charge is 0.306 e. The maximum absolute atomic E-state index is 12.7.